The van der Waals surface area contributed by atoms with Gasteiger partial charge in [-0.15, -0.1) is 0 Å². The van der Waals surface area contributed by atoms with Crippen molar-refractivity contribution in [1.29, 1.82) is 0 Å². The van der Waals surface area contributed by atoms with Crippen molar-refractivity contribution in [2.45, 2.75) is 25.9 Å². The number of hydrogen-bond donors (Lipinski definition) is 0. The molecule has 1 aromatic heterocycles. The minimum absolute atomic E-state index is 0.771. The lowest BCUT2D eigenvalue weighted by Gasteiger charge is -2.24. The average Bonchev–Trinajstić information content (AvgIpc) is 3.16. The van der Waals surface area contributed by atoms with Gasteiger partial charge in [-0.3, -0.25) is 4.99 Å². The third-order valence-corrected chi connectivity index (χ3v) is 5.68. The molecule has 4 nitrogen and oxygen atoms in total. The molecule has 2 aromatic carbocycles. The summed E-state index contributed by atoms with van der Waals surface area (Å²) in [6.45, 7) is 1.73. The lowest BCUT2D eigenvalue weighted by Crippen LogP contribution is -2.20. The number of rotatable bonds is 3. The zero-order chi connectivity index (χ0) is 18.4. The van der Waals surface area contributed by atoms with Crippen molar-refractivity contribution in [2.24, 2.45) is 4.99 Å². The lowest BCUT2D eigenvalue weighted by atomic mass is 9.96. The maximum atomic E-state index is 5.52. The maximum absolute atomic E-state index is 5.52. The molecular weight excluding hydrogens is 336 g/mol. The average molecular weight is 358 g/mol. The third kappa shape index (κ3) is 2.55. The first-order valence-corrected chi connectivity index (χ1v) is 9.33. The van der Waals surface area contributed by atoms with E-state index in [4.69, 9.17) is 14.5 Å². The van der Waals surface area contributed by atoms with Gasteiger partial charge in [-0.2, -0.15) is 0 Å². The van der Waals surface area contributed by atoms with Crippen molar-refractivity contribution in [2.75, 3.05) is 14.2 Å². The van der Waals surface area contributed by atoms with E-state index in [0.29, 0.717) is 0 Å². The molecule has 3 heterocycles. The number of hydrogen-bond acceptors (Lipinski definition) is 3. The molecule has 2 aliphatic rings. The molecular formula is C23H22N2O2. The molecule has 0 atom stereocenters. The van der Waals surface area contributed by atoms with Crippen molar-refractivity contribution in [3.8, 4) is 22.8 Å². The predicted molar refractivity (Wildman–Crippen MR) is 107 cm³/mol. The Morgan fingerprint density at radius 1 is 0.852 bits per heavy atom. The van der Waals surface area contributed by atoms with Crippen LogP contribution in [0, 0.1) is 0 Å². The fourth-order valence-corrected chi connectivity index (χ4v) is 4.27. The van der Waals surface area contributed by atoms with Gasteiger partial charge in [-0.05, 0) is 47.4 Å². The van der Waals surface area contributed by atoms with Crippen LogP contribution >= 0.6 is 0 Å². The fourth-order valence-electron chi connectivity index (χ4n) is 4.27. The second-order valence-electron chi connectivity index (χ2n) is 7.08. The van der Waals surface area contributed by atoms with Crippen molar-refractivity contribution < 1.29 is 9.47 Å². The van der Waals surface area contributed by atoms with Crippen molar-refractivity contribution in [3.63, 3.8) is 0 Å². The highest BCUT2D eigenvalue weighted by molar-refractivity contribution is 6.02. The molecule has 0 amide bonds. The summed E-state index contributed by atoms with van der Waals surface area (Å²) in [6.07, 6.45) is 1.88. The molecule has 4 heteroatoms. The summed E-state index contributed by atoms with van der Waals surface area (Å²) in [5, 5.41) is 0. The maximum Gasteiger partial charge on any atom is 0.161 e. The van der Waals surface area contributed by atoms with E-state index >= 15 is 0 Å². The summed E-state index contributed by atoms with van der Waals surface area (Å²) < 4.78 is 13.4. The van der Waals surface area contributed by atoms with Gasteiger partial charge < -0.3 is 14.0 Å². The third-order valence-electron chi connectivity index (χ3n) is 5.68. The van der Waals surface area contributed by atoms with Crippen LogP contribution in [-0.2, 0) is 25.9 Å². The van der Waals surface area contributed by atoms with Gasteiger partial charge in [0.2, 0.25) is 0 Å². The fraction of sp³-hybridized carbons (Fsp3) is 0.261. The molecule has 0 saturated heterocycles. The van der Waals surface area contributed by atoms with Crippen LogP contribution in [0.25, 0.3) is 11.3 Å². The molecule has 0 unspecified atom stereocenters. The standard InChI is InChI=1S/C23H22N2O2/c1-26-22-12-16-9-10-25-20(18(16)13-23(22)27-2)7-8-21(25)19-11-15-5-3-4-6-17(15)14-24-19/h3-8,12-13H,9-11,14H2,1-2H3. The first-order valence-electron chi connectivity index (χ1n) is 9.33. The molecule has 0 N–H and O–H groups in total. The Labute approximate surface area is 159 Å². The molecule has 5 rings (SSSR count). The van der Waals surface area contributed by atoms with Crippen LogP contribution < -0.4 is 9.47 Å². The van der Waals surface area contributed by atoms with Gasteiger partial charge in [0.1, 0.15) is 0 Å². The van der Waals surface area contributed by atoms with Crippen molar-refractivity contribution in [3.05, 3.63) is 70.9 Å². The van der Waals surface area contributed by atoms with Crippen LogP contribution in [0.4, 0.5) is 0 Å². The van der Waals surface area contributed by atoms with Crippen LogP contribution in [-0.4, -0.2) is 24.5 Å². The monoisotopic (exact) mass is 358 g/mol. The second-order valence-corrected chi connectivity index (χ2v) is 7.08. The van der Waals surface area contributed by atoms with Gasteiger partial charge >= 0.3 is 0 Å². The van der Waals surface area contributed by atoms with Gasteiger partial charge in [-0.25, -0.2) is 0 Å². The number of aliphatic imine (C=N–C) groups is 1. The lowest BCUT2D eigenvalue weighted by molar-refractivity contribution is 0.354. The largest absolute Gasteiger partial charge is 0.493 e. The molecule has 0 spiro atoms. The highest BCUT2D eigenvalue weighted by Crippen LogP contribution is 2.39. The number of benzene rings is 2. The Morgan fingerprint density at radius 3 is 2.41 bits per heavy atom. The summed E-state index contributed by atoms with van der Waals surface area (Å²) in [5.41, 5.74) is 8.91. The zero-order valence-corrected chi connectivity index (χ0v) is 15.7. The van der Waals surface area contributed by atoms with Gasteiger partial charge in [0.25, 0.3) is 0 Å². The van der Waals surface area contributed by atoms with Crippen molar-refractivity contribution >= 4 is 5.71 Å². The molecule has 0 radical (unpaired) electrons. The van der Waals surface area contributed by atoms with Crippen LogP contribution in [0.3, 0.4) is 0 Å². The number of ether oxygens (including phenoxy) is 2. The summed E-state index contributed by atoms with van der Waals surface area (Å²) in [7, 11) is 3.37. The van der Waals surface area contributed by atoms with E-state index in [-0.39, 0.29) is 0 Å². The number of nitrogens with zero attached hydrogens (tertiary/aromatic N) is 2. The summed E-state index contributed by atoms with van der Waals surface area (Å²) in [5.74, 6) is 1.57. The van der Waals surface area contributed by atoms with E-state index in [9.17, 15) is 0 Å². The predicted octanol–water partition coefficient (Wildman–Crippen LogP) is 4.27. The Balaban J connectivity index is 1.56. The van der Waals surface area contributed by atoms with Crippen LogP contribution in [0.2, 0.25) is 0 Å². The normalized spacial score (nSPS) is 14.7. The second kappa shape index (κ2) is 6.31. The first kappa shape index (κ1) is 16.2. The van der Waals surface area contributed by atoms with E-state index in [0.717, 1.165) is 37.4 Å². The minimum Gasteiger partial charge on any atom is -0.493 e. The van der Waals surface area contributed by atoms with E-state index in [2.05, 4.69) is 53.1 Å². The van der Waals surface area contributed by atoms with Gasteiger partial charge in [-0.1, -0.05) is 24.3 Å². The molecule has 136 valence electrons. The summed E-state index contributed by atoms with van der Waals surface area (Å²) in [6, 6.07) is 17.2. The van der Waals surface area contributed by atoms with Gasteiger partial charge in [0, 0.05) is 24.2 Å². The number of fused-ring (bicyclic) bond motifs is 4. The molecule has 0 aliphatic carbocycles. The highest BCUT2D eigenvalue weighted by atomic mass is 16.5. The number of aryl methyl sites for hydroxylation is 1. The van der Waals surface area contributed by atoms with Crippen LogP contribution in [0.15, 0.2) is 53.5 Å². The van der Waals surface area contributed by atoms with Gasteiger partial charge in [0.05, 0.1) is 32.2 Å². The van der Waals surface area contributed by atoms with Crippen LogP contribution in [0.1, 0.15) is 22.4 Å². The minimum atomic E-state index is 0.771. The number of aromatic nitrogens is 1. The Hall–Kier alpha value is -3.01. The molecule has 0 fully saturated rings. The van der Waals surface area contributed by atoms with E-state index < -0.39 is 0 Å². The van der Waals surface area contributed by atoms with Gasteiger partial charge in [0.15, 0.2) is 11.5 Å². The topological polar surface area (TPSA) is 35.8 Å². The van der Waals surface area contributed by atoms with Crippen molar-refractivity contribution in [1.82, 2.24) is 4.57 Å². The molecule has 27 heavy (non-hydrogen) atoms. The van der Waals surface area contributed by atoms with E-state index in [1.165, 1.54) is 39.4 Å². The van der Waals surface area contributed by atoms with Crippen LogP contribution in [0.5, 0.6) is 11.5 Å². The SMILES string of the molecule is COc1cc2c(cc1OC)-c1ccc(C3=NCc4ccccc4C3)n1CC2. The molecule has 0 saturated carbocycles. The quantitative estimate of drug-likeness (QED) is 0.701. The number of methoxy groups -OCH3 is 2. The highest BCUT2D eigenvalue weighted by Gasteiger charge is 2.24. The zero-order valence-electron chi connectivity index (χ0n) is 15.7. The summed E-state index contributed by atoms with van der Waals surface area (Å²) in [4.78, 5) is 4.89. The molecule has 2 aliphatic heterocycles. The summed E-state index contributed by atoms with van der Waals surface area (Å²) >= 11 is 0. The molecule has 0 bridgehead atoms. The van der Waals surface area contributed by atoms with E-state index in [1.807, 2.05) is 0 Å². The first-order chi connectivity index (χ1) is 13.3. The van der Waals surface area contributed by atoms with E-state index in [1.54, 1.807) is 14.2 Å². The Kier molecular flexibility index (Phi) is 3.78. The Morgan fingerprint density at radius 2 is 1.59 bits per heavy atom. The smallest absolute Gasteiger partial charge is 0.161 e. The Bertz CT molecular complexity index is 1060. The molecule has 3 aromatic rings.